The lowest BCUT2D eigenvalue weighted by Gasteiger charge is -2.08. The SMILES string of the molecule is CCOC(=O)c1ccccc1OCC#Cc1ccccc1. The molecule has 0 amide bonds. The maximum absolute atomic E-state index is 11.8. The summed E-state index contributed by atoms with van der Waals surface area (Å²) in [6.45, 7) is 2.32. The maximum Gasteiger partial charge on any atom is 0.341 e. The molecule has 2 aromatic rings. The molecule has 2 rings (SSSR count). The molecule has 21 heavy (non-hydrogen) atoms. The van der Waals surface area contributed by atoms with Crippen LogP contribution in [0.25, 0.3) is 0 Å². The summed E-state index contributed by atoms with van der Waals surface area (Å²) in [4.78, 5) is 11.8. The van der Waals surface area contributed by atoms with Crippen molar-refractivity contribution in [2.24, 2.45) is 0 Å². The highest BCUT2D eigenvalue weighted by atomic mass is 16.5. The third-order valence-electron chi connectivity index (χ3n) is 2.69. The Morgan fingerprint density at radius 2 is 1.76 bits per heavy atom. The minimum absolute atomic E-state index is 0.214. The smallest absolute Gasteiger partial charge is 0.341 e. The third-order valence-corrected chi connectivity index (χ3v) is 2.69. The Hall–Kier alpha value is -2.73. The van der Waals surface area contributed by atoms with E-state index in [-0.39, 0.29) is 12.6 Å². The molecule has 0 bridgehead atoms. The van der Waals surface area contributed by atoms with Gasteiger partial charge < -0.3 is 9.47 Å². The molecule has 3 nitrogen and oxygen atoms in total. The number of benzene rings is 2. The molecule has 0 atom stereocenters. The summed E-state index contributed by atoms with van der Waals surface area (Å²) < 4.78 is 10.5. The average Bonchev–Trinajstić information content (AvgIpc) is 2.53. The van der Waals surface area contributed by atoms with Gasteiger partial charge in [0.1, 0.15) is 17.9 Å². The zero-order valence-corrected chi connectivity index (χ0v) is 11.8. The molecule has 0 spiro atoms. The van der Waals surface area contributed by atoms with Crippen LogP contribution in [-0.2, 0) is 4.74 Å². The van der Waals surface area contributed by atoms with Crippen LogP contribution in [0.1, 0.15) is 22.8 Å². The van der Waals surface area contributed by atoms with Crippen molar-refractivity contribution in [1.82, 2.24) is 0 Å². The molecule has 0 aliphatic rings. The van der Waals surface area contributed by atoms with Crippen LogP contribution < -0.4 is 4.74 Å². The van der Waals surface area contributed by atoms with Gasteiger partial charge in [-0.2, -0.15) is 0 Å². The summed E-state index contributed by atoms with van der Waals surface area (Å²) in [7, 11) is 0. The average molecular weight is 280 g/mol. The van der Waals surface area contributed by atoms with Gasteiger partial charge in [-0.05, 0) is 31.2 Å². The van der Waals surface area contributed by atoms with Gasteiger partial charge in [-0.25, -0.2) is 4.79 Å². The Labute approximate surface area is 124 Å². The van der Waals surface area contributed by atoms with Crippen LogP contribution in [0.15, 0.2) is 54.6 Å². The van der Waals surface area contributed by atoms with Crippen LogP contribution >= 0.6 is 0 Å². The Morgan fingerprint density at radius 1 is 1.05 bits per heavy atom. The number of ether oxygens (including phenoxy) is 2. The first-order valence-electron chi connectivity index (χ1n) is 6.74. The molecule has 106 valence electrons. The molecule has 0 unspecified atom stereocenters. The van der Waals surface area contributed by atoms with Gasteiger partial charge in [0.25, 0.3) is 0 Å². The van der Waals surface area contributed by atoms with E-state index in [9.17, 15) is 4.79 Å². The number of para-hydroxylation sites is 1. The molecule has 0 heterocycles. The van der Waals surface area contributed by atoms with Crippen molar-refractivity contribution >= 4 is 5.97 Å². The van der Waals surface area contributed by atoms with E-state index in [1.165, 1.54) is 0 Å². The lowest BCUT2D eigenvalue weighted by atomic mass is 10.2. The van der Waals surface area contributed by atoms with E-state index >= 15 is 0 Å². The molecule has 0 aliphatic carbocycles. The fourth-order valence-electron chi connectivity index (χ4n) is 1.74. The summed E-state index contributed by atoms with van der Waals surface area (Å²) in [5.74, 6) is 6.02. The van der Waals surface area contributed by atoms with Crippen molar-refractivity contribution in [2.45, 2.75) is 6.92 Å². The van der Waals surface area contributed by atoms with Gasteiger partial charge in [-0.3, -0.25) is 0 Å². The first-order valence-corrected chi connectivity index (χ1v) is 6.74. The molecule has 2 aromatic carbocycles. The van der Waals surface area contributed by atoms with E-state index in [1.54, 1.807) is 25.1 Å². The first kappa shape index (κ1) is 14.7. The maximum atomic E-state index is 11.8. The fraction of sp³-hybridized carbons (Fsp3) is 0.167. The molecular formula is C18H16O3. The van der Waals surface area contributed by atoms with E-state index in [0.29, 0.717) is 17.9 Å². The second-order valence-corrected chi connectivity index (χ2v) is 4.17. The summed E-state index contributed by atoms with van der Waals surface area (Å²) in [6, 6.07) is 16.7. The lowest BCUT2D eigenvalue weighted by Crippen LogP contribution is -2.07. The molecule has 0 saturated heterocycles. The zero-order valence-electron chi connectivity index (χ0n) is 11.8. The summed E-state index contributed by atoms with van der Waals surface area (Å²) in [6.07, 6.45) is 0. The van der Waals surface area contributed by atoms with Crippen LogP contribution in [0, 0.1) is 11.8 Å². The Bertz CT molecular complexity index is 651. The molecule has 3 heteroatoms. The molecular weight excluding hydrogens is 264 g/mol. The topological polar surface area (TPSA) is 35.5 Å². The van der Waals surface area contributed by atoms with E-state index in [2.05, 4.69) is 11.8 Å². The minimum atomic E-state index is -0.385. The second-order valence-electron chi connectivity index (χ2n) is 4.17. The highest BCUT2D eigenvalue weighted by Crippen LogP contribution is 2.18. The predicted octanol–water partition coefficient (Wildman–Crippen LogP) is 3.29. The monoisotopic (exact) mass is 280 g/mol. The quantitative estimate of drug-likeness (QED) is 0.637. The normalized spacial score (nSPS) is 9.38. The van der Waals surface area contributed by atoms with Crippen molar-refractivity contribution in [3.63, 3.8) is 0 Å². The predicted molar refractivity (Wildman–Crippen MR) is 81.2 cm³/mol. The fourth-order valence-corrected chi connectivity index (χ4v) is 1.74. The van der Waals surface area contributed by atoms with Gasteiger partial charge in [0.2, 0.25) is 0 Å². The van der Waals surface area contributed by atoms with E-state index in [0.717, 1.165) is 5.56 Å². The second kappa shape index (κ2) is 7.76. The van der Waals surface area contributed by atoms with Crippen LogP contribution in [0.4, 0.5) is 0 Å². The van der Waals surface area contributed by atoms with Gasteiger partial charge in [0.05, 0.1) is 6.61 Å². The number of rotatable bonds is 4. The van der Waals surface area contributed by atoms with Crippen LogP contribution in [-0.4, -0.2) is 19.2 Å². The van der Waals surface area contributed by atoms with Crippen molar-refractivity contribution in [2.75, 3.05) is 13.2 Å². The van der Waals surface area contributed by atoms with Crippen molar-refractivity contribution in [3.05, 3.63) is 65.7 Å². The molecule has 0 radical (unpaired) electrons. The Balaban J connectivity index is 2.01. The van der Waals surface area contributed by atoms with Crippen molar-refractivity contribution in [3.8, 4) is 17.6 Å². The van der Waals surface area contributed by atoms with E-state index in [1.807, 2.05) is 36.4 Å². The lowest BCUT2D eigenvalue weighted by molar-refractivity contribution is 0.0522. The van der Waals surface area contributed by atoms with Crippen molar-refractivity contribution < 1.29 is 14.3 Å². The van der Waals surface area contributed by atoms with Crippen molar-refractivity contribution in [1.29, 1.82) is 0 Å². The van der Waals surface area contributed by atoms with Gasteiger partial charge >= 0.3 is 5.97 Å². The number of esters is 1. The Kier molecular flexibility index (Phi) is 5.42. The molecule has 0 fully saturated rings. The van der Waals surface area contributed by atoms with Crippen LogP contribution in [0.3, 0.4) is 0 Å². The number of carbonyl (C=O) groups excluding carboxylic acids is 1. The van der Waals surface area contributed by atoms with Gasteiger partial charge in [0, 0.05) is 5.56 Å². The number of carbonyl (C=O) groups is 1. The van der Waals surface area contributed by atoms with E-state index < -0.39 is 0 Å². The Morgan fingerprint density at radius 3 is 2.52 bits per heavy atom. The highest BCUT2D eigenvalue weighted by molar-refractivity contribution is 5.92. The molecule has 0 aliphatic heterocycles. The number of hydrogen-bond donors (Lipinski definition) is 0. The van der Waals surface area contributed by atoms with Crippen LogP contribution in [0.2, 0.25) is 0 Å². The largest absolute Gasteiger partial charge is 0.480 e. The minimum Gasteiger partial charge on any atom is -0.480 e. The van der Waals surface area contributed by atoms with Gasteiger partial charge in [-0.1, -0.05) is 42.2 Å². The first-order chi connectivity index (χ1) is 10.3. The number of hydrogen-bond acceptors (Lipinski definition) is 3. The standard InChI is InChI=1S/C18H16O3/c1-2-20-18(19)16-12-6-7-13-17(16)21-14-8-11-15-9-4-3-5-10-15/h3-7,9-10,12-13H,2,14H2,1H3. The molecule has 0 saturated carbocycles. The van der Waals surface area contributed by atoms with Gasteiger partial charge in [0.15, 0.2) is 0 Å². The molecule has 0 aromatic heterocycles. The highest BCUT2D eigenvalue weighted by Gasteiger charge is 2.12. The summed E-state index contributed by atoms with van der Waals surface area (Å²) in [5, 5.41) is 0. The van der Waals surface area contributed by atoms with E-state index in [4.69, 9.17) is 9.47 Å². The zero-order chi connectivity index (χ0) is 14.9. The third kappa shape index (κ3) is 4.39. The summed E-state index contributed by atoms with van der Waals surface area (Å²) in [5.41, 5.74) is 1.35. The molecule has 0 N–H and O–H groups in total. The van der Waals surface area contributed by atoms with Gasteiger partial charge in [-0.15, -0.1) is 0 Å². The van der Waals surface area contributed by atoms with Crippen LogP contribution in [0.5, 0.6) is 5.75 Å². The summed E-state index contributed by atoms with van der Waals surface area (Å²) >= 11 is 0.